The molecule has 0 unspecified atom stereocenters. The van der Waals surface area contributed by atoms with E-state index >= 15 is 0 Å². The van der Waals surface area contributed by atoms with E-state index in [2.05, 4.69) is 21.2 Å². The lowest BCUT2D eigenvalue weighted by Gasteiger charge is -2.15. The van der Waals surface area contributed by atoms with E-state index < -0.39 is 5.82 Å². The smallest absolute Gasteiger partial charge is 0.238 e. The number of carbonyl (C=O) groups is 1. The van der Waals surface area contributed by atoms with Crippen LogP contribution in [0.2, 0.25) is 5.02 Å². The lowest BCUT2D eigenvalue weighted by molar-refractivity contribution is -0.117. The third kappa shape index (κ3) is 5.07. The van der Waals surface area contributed by atoms with Gasteiger partial charge in [0, 0.05) is 16.4 Å². The van der Waals surface area contributed by atoms with E-state index in [0.29, 0.717) is 11.6 Å². The largest absolute Gasteiger partial charge is 0.322 e. The van der Waals surface area contributed by atoms with Gasteiger partial charge in [0.1, 0.15) is 5.82 Å². The quantitative estimate of drug-likeness (QED) is 0.820. The zero-order valence-electron chi connectivity index (χ0n) is 11.2. The molecule has 0 aliphatic heterocycles. The van der Waals surface area contributed by atoms with Gasteiger partial charge in [0.05, 0.1) is 16.0 Å². The third-order valence-corrected chi connectivity index (χ3v) is 4.52. The molecule has 1 amide bonds. The van der Waals surface area contributed by atoms with Crippen molar-refractivity contribution in [2.24, 2.45) is 0 Å². The molecule has 0 aliphatic rings. The molecule has 2 aromatic rings. The third-order valence-electron chi connectivity index (χ3n) is 2.67. The average Bonchev–Trinajstić information content (AvgIpc) is 2.78. The highest BCUT2D eigenvalue weighted by atomic mass is 79.9. The summed E-state index contributed by atoms with van der Waals surface area (Å²) in [4.78, 5) is 14.9. The Morgan fingerprint density at radius 2 is 2.19 bits per heavy atom. The van der Waals surface area contributed by atoms with Gasteiger partial charge in [-0.1, -0.05) is 11.6 Å². The van der Waals surface area contributed by atoms with Crippen molar-refractivity contribution in [1.29, 1.82) is 0 Å². The number of nitrogens with zero attached hydrogens (tertiary/aromatic N) is 1. The number of rotatable bonds is 5. The van der Waals surface area contributed by atoms with Gasteiger partial charge in [0.15, 0.2) is 0 Å². The van der Waals surface area contributed by atoms with Gasteiger partial charge in [-0.05, 0) is 53.3 Å². The van der Waals surface area contributed by atoms with Crippen molar-refractivity contribution in [3.05, 3.63) is 49.8 Å². The van der Waals surface area contributed by atoms with Crippen LogP contribution in [0.25, 0.3) is 0 Å². The molecule has 112 valence electrons. The predicted molar refractivity (Wildman–Crippen MR) is 88.4 cm³/mol. The van der Waals surface area contributed by atoms with Gasteiger partial charge < -0.3 is 5.32 Å². The molecule has 0 bridgehead atoms. The van der Waals surface area contributed by atoms with Crippen LogP contribution >= 0.6 is 38.9 Å². The van der Waals surface area contributed by atoms with Crippen molar-refractivity contribution in [3.8, 4) is 0 Å². The molecule has 1 N–H and O–H groups in total. The molecule has 1 aromatic carbocycles. The number of anilines is 1. The molecule has 0 saturated heterocycles. The maximum Gasteiger partial charge on any atom is 0.238 e. The van der Waals surface area contributed by atoms with Crippen molar-refractivity contribution in [1.82, 2.24) is 4.90 Å². The fourth-order valence-corrected chi connectivity index (χ4v) is 3.51. The minimum atomic E-state index is -0.541. The molecular weight excluding hydrogens is 379 g/mol. The Bertz CT molecular complexity index is 650. The first-order chi connectivity index (χ1) is 9.94. The normalized spacial score (nSPS) is 10.9. The summed E-state index contributed by atoms with van der Waals surface area (Å²) in [6, 6.07) is 8.13. The Kier molecular flexibility index (Phi) is 5.75. The summed E-state index contributed by atoms with van der Waals surface area (Å²) in [6.07, 6.45) is 0. The van der Waals surface area contributed by atoms with Crippen molar-refractivity contribution < 1.29 is 9.18 Å². The van der Waals surface area contributed by atoms with E-state index in [-0.39, 0.29) is 18.1 Å². The molecule has 0 radical (unpaired) electrons. The Morgan fingerprint density at radius 3 is 2.81 bits per heavy atom. The average molecular weight is 392 g/mol. The summed E-state index contributed by atoms with van der Waals surface area (Å²) in [5.41, 5.74) is 0.136. The van der Waals surface area contributed by atoms with Gasteiger partial charge in [0.25, 0.3) is 0 Å². The minimum absolute atomic E-state index is 0.136. The Morgan fingerprint density at radius 1 is 1.43 bits per heavy atom. The topological polar surface area (TPSA) is 32.3 Å². The van der Waals surface area contributed by atoms with Crippen LogP contribution in [0.3, 0.4) is 0 Å². The first kappa shape index (κ1) is 16.4. The first-order valence-corrected chi connectivity index (χ1v) is 8.10. The second-order valence-electron chi connectivity index (χ2n) is 4.55. The van der Waals surface area contributed by atoms with Crippen molar-refractivity contribution in [3.63, 3.8) is 0 Å². The van der Waals surface area contributed by atoms with E-state index in [9.17, 15) is 9.18 Å². The summed E-state index contributed by atoms with van der Waals surface area (Å²) in [5, 5.41) is 2.84. The number of halogens is 3. The van der Waals surface area contributed by atoms with Gasteiger partial charge >= 0.3 is 0 Å². The predicted octanol–water partition coefficient (Wildman–Crippen LogP) is 4.37. The molecule has 7 heteroatoms. The number of thiophene rings is 1. The monoisotopic (exact) mass is 390 g/mol. The van der Waals surface area contributed by atoms with Crippen molar-refractivity contribution in [2.75, 3.05) is 18.9 Å². The van der Waals surface area contributed by atoms with E-state index in [0.717, 1.165) is 8.66 Å². The molecule has 0 fully saturated rings. The number of nitrogens with one attached hydrogen (secondary N) is 1. The molecule has 0 atom stereocenters. The number of amides is 1. The second kappa shape index (κ2) is 7.35. The van der Waals surface area contributed by atoms with Gasteiger partial charge in [0.2, 0.25) is 5.91 Å². The summed E-state index contributed by atoms with van der Waals surface area (Å²) in [7, 11) is 1.84. The van der Waals surface area contributed by atoms with Crippen LogP contribution in [0.15, 0.2) is 34.1 Å². The fourth-order valence-electron chi connectivity index (χ4n) is 1.78. The zero-order chi connectivity index (χ0) is 15.4. The lowest BCUT2D eigenvalue weighted by Crippen LogP contribution is -2.29. The molecule has 1 aromatic heterocycles. The van der Waals surface area contributed by atoms with E-state index in [1.165, 1.54) is 18.2 Å². The van der Waals surface area contributed by atoms with Gasteiger partial charge in [-0.15, -0.1) is 11.3 Å². The van der Waals surface area contributed by atoms with Crippen LogP contribution in [-0.2, 0) is 11.3 Å². The highest BCUT2D eigenvalue weighted by Gasteiger charge is 2.11. The van der Waals surface area contributed by atoms with Crippen molar-refractivity contribution >= 4 is 50.5 Å². The summed E-state index contributed by atoms with van der Waals surface area (Å²) in [5.74, 6) is -0.810. The Hall–Kier alpha value is -0.950. The molecule has 3 nitrogen and oxygen atoms in total. The van der Waals surface area contributed by atoms with Crippen LogP contribution in [0, 0.1) is 5.82 Å². The molecule has 1 heterocycles. The van der Waals surface area contributed by atoms with Crippen LogP contribution in [-0.4, -0.2) is 24.4 Å². The number of likely N-dealkylation sites (N-methyl/N-ethyl adjacent to an activating group) is 1. The second-order valence-corrected chi connectivity index (χ2v) is 7.53. The minimum Gasteiger partial charge on any atom is -0.322 e. The Balaban J connectivity index is 1.89. The number of hydrogen-bond donors (Lipinski definition) is 1. The van der Waals surface area contributed by atoms with E-state index in [1.807, 2.05) is 24.1 Å². The molecule has 21 heavy (non-hydrogen) atoms. The molecular formula is C14H13BrClFN2OS. The molecule has 0 aliphatic carbocycles. The Labute approximate surface area is 139 Å². The summed E-state index contributed by atoms with van der Waals surface area (Å²) >= 11 is 10.7. The van der Waals surface area contributed by atoms with Crippen LogP contribution < -0.4 is 5.32 Å². The van der Waals surface area contributed by atoms with Crippen LogP contribution in [0.1, 0.15) is 4.88 Å². The van der Waals surface area contributed by atoms with Crippen LogP contribution in [0.4, 0.5) is 10.1 Å². The first-order valence-electron chi connectivity index (χ1n) is 6.11. The molecule has 0 spiro atoms. The van der Waals surface area contributed by atoms with Crippen molar-refractivity contribution in [2.45, 2.75) is 6.54 Å². The summed E-state index contributed by atoms with van der Waals surface area (Å²) in [6.45, 7) is 0.838. The standard InChI is InChI=1S/C14H13BrClFN2OS/c1-19(7-10-3-5-13(15)21-10)8-14(20)18-12-4-2-9(16)6-11(12)17/h2-6H,7-8H2,1H3,(H,18,20). The highest BCUT2D eigenvalue weighted by molar-refractivity contribution is 9.11. The summed E-state index contributed by atoms with van der Waals surface area (Å²) < 4.78 is 14.6. The van der Waals surface area contributed by atoms with Gasteiger partial charge in [-0.2, -0.15) is 0 Å². The maximum absolute atomic E-state index is 13.6. The lowest BCUT2D eigenvalue weighted by atomic mass is 10.3. The highest BCUT2D eigenvalue weighted by Crippen LogP contribution is 2.23. The van der Waals surface area contributed by atoms with E-state index in [4.69, 9.17) is 11.6 Å². The number of hydrogen-bond acceptors (Lipinski definition) is 3. The molecule has 0 saturated carbocycles. The fraction of sp³-hybridized carbons (Fsp3) is 0.214. The molecule has 2 rings (SSSR count). The van der Waals surface area contributed by atoms with Gasteiger partial charge in [-0.25, -0.2) is 4.39 Å². The SMILES string of the molecule is CN(CC(=O)Nc1ccc(Cl)cc1F)Cc1ccc(Br)s1. The van der Waals surface area contributed by atoms with Gasteiger partial charge in [-0.3, -0.25) is 9.69 Å². The van der Waals surface area contributed by atoms with E-state index in [1.54, 1.807) is 11.3 Å². The maximum atomic E-state index is 13.6. The number of carbonyl (C=O) groups excluding carboxylic acids is 1. The van der Waals surface area contributed by atoms with Crippen LogP contribution in [0.5, 0.6) is 0 Å². The number of benzene rings is 1. The zero-order valence-corrected chi connectivity index (χ0v) is 14.4.